The molecule has 2 aliphatic heterocycles. The second kappa shape index (κ2) is 8.56. The van der Waals surface area contributed by atoms with Crippen molar-refractivity contribution in [3.8, 4) is 0 Å². The van der Waals surface area contributed by atoms with Gasteiger partial charge < -0.3 is 9.47 Å². The number of ether oxygens (including phenoxy) is 2. The molecule has 0 saturated heterocycles. The highest BCUT2D eigenvalue weighted by Crippen LogP contribution is 2.39. The maximum absolute atomic E-state index is 12.9. The molecule has 4 rings (SSSR count). The van der Waals surface area contributed by atoms with Gasteiger partial charge >= 0.3 is 11.9 Å². The molecule has 1 unspecified atom stereocenters. The van der Waals surface area contributed by atoms with Crippen molar-refractivity contribution in [1.29, 1.82) is 0 Å². The summed E-state index contributed by atoms with van der Waals surface area (Å²) in [5.74, 6) is 4.75. The molecule has 9 nitrogen and oxygen atoms in total. The molecule has 2 heterocycles. The number of benzene rings is 2. The van der Waals surface area contributed by atoms with E-state index in [2.05, 4.69) is 10.4 Å². The largest absolute Gasteiger partial charge is 0.466 e. The minimum absolute atomic E-state index is 0.0277. The average molecular weight is 433 g/mol. The summed E-state index contributed by atoms with van der Waals surface area (Å²) in [5.41, 5.74) is 5.91. The van der Waals surface area contributed by atoms with Gasteiger partial charge in [0.05, 0.1) is 31.2 Å². The average Bonchev–Trinajstić information content (AvgIpc) is 3.18. The van der Waals surface area contributed by atoms with E-state index in [-0.39, 0.29) is 17.2 Å². The Balaban J connectivity index is 1.95. The van der Waals surface area contributed by atoms with E-state index in [9.17, 15) is 9.59 Å². The normalized spacial score (nSPS) is 17.4. The monoisotopic (exact) mass is 433 g/mol. The van der Waals surface area contributed by atoms with Gasteiger partial charge in [0.25, 0.3) is 0 Å². The van der Waals surface area contributed by atoms with E-state index < -0.39 is 18.0 Å². The SMILES string of the molecule is COC(=O)C1=C(C(=O)OC)N(c2ccccc2)N2C(NN)=NC(c3ccc(C)cc3)=CC12. The summed E-state index contributed by atoms with van der Waals surface area (Å²) in [6, 6.07) is 16.2. The van der Waals surface area contributed by atoms with Crippen LogP contribution in [0.5, 0.6) is 0 Å². The van der Waals surface area contributed by atoms with Gasteiger partial charge in [0, 0.05) is 5.56 Å². The zero-order valence-corrected chi connectivity index (χ0v) is 17.9. The van der Waals surface area contributed by atoms with Crippen LogP contribution < -0.4 is 16.3 Å². The molecule has 2 aromatic rings. The second-order valence-corrected chi connectivity index (χ2v) is 7.18. The van der Waals surface area contributed by atoms with Crippen LogP contribution in [0.25, 0.3) is 5.70 Å². The Morgan fingerprint density at radius 2 is 1.66 bits per heavy atom. The molecule has 0 fully saturated rings. The number of guanidine groups is 1. The van der Waals surface area contributed by atoms with E-state index in [1.54, 1.807) is 28.2 Å². The molecule has 1 atom stereocenters. The number of hydrogen-bond acceptors (Lipinski definition) is 9. The van der Waals surface area contributed by atoms with E-state index >= 15 is 0 Å². The first-order chi connectivity index (χ1) is 15.5. The lowest BCUT2D eigenvalue weighted by Crippen LogP contribution is -2.55. The predicted octanol–water partition coefficient (Wildman–Crippen LogP) is 1.87. The lowest BCUT2D eigenvalue weighted by Gasteiger charge is -2.37. The van der Waals surface area contributed by atoms with Gasteiger partial charge in [-0.05, 0) is 25.1 Å². The van der Waals surface area contributed by atoms with Crippen molar-refractivity contribution in [2.24, 2.45) is 10.8 Å². The predicted molar refractivity (Wildman–Crippen MR) is 120 cm³/mol. The van der Waals surface area contributed by atoms with Crippen LogP contribution in [0.1, 0.15) is 11.1 Å². The summed E-state index contributed by atoms with van der Waals surface area (Å²) in [6.07, 6.45) is 1.80. The zero-order chi connectivity index (χ0) is 22.8. The molecule has 3 N–H and O–H groups in total. The summed E-state index contributed by atoms with van der Waals surface area (Å²) in [5, 5.41) is 3.19. The smallest absolute Gasteiger partial charge is 0.357 e. The maximum Gasteiger partial charge on any atom is 0.357 e. The van der Waals surface area contributed by atoms with Crippen molar-refractivity contribution in [3.05, 3.63) is 83.1 Å². The minimum Gasteiger partial charge on any atom is -0.466 e. The zero-order valence-electron chi connectivity index (χ0n) is 17.9. The Bertz CT molecular complexity index is 1140. The highest BCUT2D eigenvalue weighted by molar-refractivity contribution is 6.08. The minimum atomic E-state index is -0.711. The van der Waals surface area contributed by atoms with Crippen LogP contribution in [0.3, 0.4) is 0 Å². The van der Waals surface area contributed by atoms with Crippen LogP contribution in [-0.2, 0) is 19.1 Å². The molecule has 2 aromatic carbocycles. The van der Waals surface area contributed by atoms with Crippen LogP contribution in [0, 0.1) is 6.92 Å². The number of carbonyl (C=O) groups is 2. The van der Waals surface area contributed by atoms with Gasteiger partial charge in [-0.25, -0.2) is 30.4 Å². The first-order valence-corrected chi connectivity index (χ1v) is 9.89. The second-order valence-electron chi connectivity index (χ2n) is 7.18. The first-order valence-electron chi connectivity index (χ1n) is 9.89. The maximum atomic E-state index is 12.9. The molecule has 164 valence electrons. The third kappa shape index (κ3) is 3.48. The number of nitrogens with zero attached hydrogens (tertiary/aromatic N) is 3. The Hall–Kier alpha value is -4.11. The van der Waals surface area contributed by atoms with Crippen molar-refractivity contribution in [1.82, 2.24) is 10.4 Å². The van der Waals surface area contributed by atoms with Crippen LogP contribution >= 0.6 is 0 Å². The number of rotatable bonds is 4. The van der Waals surface area contributed by atoms with Crippen LogP contribution in [0.15, 0.2) is 76.9 Å². The molecule has 0 amide bonds. The number of hydrogen-bond donors (Lipinski definition) is 2. The van der Waals surface area contributed by atoms with Gasteiger partial charge in [-0.1, -0.05) is 48.0 Å². The van der Waals surface area contributed by atoms with Crippen LogP contribution in [0.4, 0.5) is 5.69 Å². The number of aliphatic imine (C=N–C) groups is 1. The van der Waals surface area contributed by atoms with E-state index in [1.807, 2.05) is 49.4 Å². The van der Waals surface area contributed by atoms with Crippen molar-refractivity contribution in [2.75, 3.05) is 19.2 Å². The molecule has 2 aliphatic rings. The van der Waals surface area contributed by atoms with Crippen LogP contribution in [-0.4, -0.2) is 43.2 Å². The summed E-state index contributed by atoms with van der Waals surface area (Å²) < 4.78 is 10.1. The number of anilines is 1. The molecule has 0 aliphatic carbocycles. The van der Waals surface area contributed by atoms with Crippen molar-refractivity contribution in [3.63, 3.8) is 0 Å². The van der Waals surface area contributed by atoms with Gasteiger partial charge in [0.1, 0.15) is 6.04 Å². The number of methoxy groups -OCH3 is 2. The fourth-order valence-corrected chi connectivity index (χ4v) is 3.77. The summed E-state index contributed by atoms with van der Waals surface area (Å²) in [7, 11) is 2.53. The number of hydrazine groups is 2. The summed E-state index contributed by atoms with van der Waals surface area (Å²) in [6.45, 7) is 1.99. The highest BCUT2D eigenvalue weighted by atomic mass is 16.5. The van der Waals surface area contributed by atoms with Gasteiger partial charge in [0.2, 0.25) is 5.96 Å². The molecule has 0 spiro atoms. The Morgan fingerprint density at radius 3 is 2.25 bits per heavy atom. The third-order valence-electron chi connectivity index (χ3n) is 5.26. The van der Waals surface area contributed by atoms with E-state index in [0.717, 1.165) is 11.1 Å². The Kier molecular flexibility index (Phi) is 5.65. The number of carbonyl (C=O) groups excluding carboxylic acids is 2. The molecular formula is C23H23N5O4. The fraction of sp³-hybridized carbons (Fsp3) is 0.174. The number of nitrogens with one attached hydrogen (secondary N) is 1. The van der Waals surface area contributed by atoms with Crippen molar-refractivity contribution >= 4 is 29.3 Å². The Morgan fingerprint density at radius 1 is 1.00 bits per heavy atom. The van der Waals surface area contributed by atoms with Gasteiger partial charge in [0.15, 0.2) is 5.70 Å². The lowest BCUT2D eigenvalue weighted by atomic mass is 10.0. The molecule has 9 heteroatoms. The quantitative estimate of drug-likeness (QED) is 0.427. The van der Waals surface area contributed by atoms with E-state index in [1.165, 1.54) is 14.2 Å². The number of fused-ring (bicyclic) bond motifs is 1. The number of nitrogens with two attached hydrogens (primary N) is 1. The van der Waals surface area contributed by atoms with Crippen molar-refractivity contribution in [2.45, 2.75) is 13.0 Å². The molecule has 0 saturated carbocycles. The topological polar surface area (TPSA) is 109 Å². The molecule has 32 heavy (non-hydrogen) atoms. The Labute approximate surface area is 185 Å². The van der Waals surface area contributed by atoms with Gasteiger partial charge in [-0.3, -0.25) is 5.43 Å². The molecule has 0 aromatic heterocycles. The molecular weight excluding hydrogens is 410 g/mol. The number of para-hydroxylation sites is 1. The molecule has 0 bridgehead atoms. The first kappa shape index (κ1) is 21.1. The van der Waals surface area contributed by atoms with E-state index in [0.29, 0.717) is 11.4 Å². The van der Waals surface area contributed by atoms with E-state index in [4.69, 9.17) is 15.3 Å². The number of esters is 2. The molecule has 0 radical (unpaired) electrons. The number of aryl methyl sites for hydroxylation is 1. The standard InChI is InChI=1S/C23H23N5O4/c1-14-9-11-15(12-10-14)17-13-18-19(21(29)31-2)20(22(30)32-3)27(16-7-5-4-6-8-16)28(18)23(25-17)26-24/h4-13,18H,24H2,1-3H3,(H,25,26). The highest BCUT2D eigenvalue weighted by Gasteiger charge is 2.48. The van der Waals surface area contributed by atoms with Gasteiger partial charge in [-0.2, -0.15) is 0 Å². The summed E-state index contributed by atoms with van der Waals surface area (Å²) >= 11 is 0. The summed E-state index contributed by atoms with van der Waals surface area (Å²) in [4.78, 5) is 30.4. The van der Waals surface area contributed by atoms with Crippen LogP contribution in [0.2, 0.25) is 0 Å². The fourth-order valence-electron chi connectivity index (χ4n) is 3.77. The van der Waals surface area contributed by atoms with Crippen molar-refractivity contribution < 1.29 is 19.1 Å². The lowest BCUT2D eigenvalue weighted by molar-refractivity contribution is -0.139. The van der Waals surface area contributed by atoms with Gasteiger partial charge in [-0.15, -0.1) is 0 Å². The third-order valence-corrected chi connectivity index (χ3v) is 5.26.